The highest BCUT2D eigenvalue weighted by atomic mass is 16.5. The van der Waals surface area contributed by atoms with Crippen molar-refractivity contribution >= 4 is 28.5 Å². The van der Waals surface area contributed by atoms with Crippen LogP contribution in [0.1, 0.15) is 23.6 Å². The summed E-state index contributed by atoms with van der Waals surface area (Å²) in [7, 11) is 3.36. The molecule has 0 N–H and O–H groups in total. The van der Waals surface area contributed by atoms with Crippen LogP contribution in [0, 0.1) is 0 Å². The largest absolute Gasteiger partial charge is 0.497 e. The predicted octanol–water partition coefficient (Wildman–Crippen LogP) is 6.27. The summed E-state index contributed by atoms with van der Waals surface area (Å²) < 4.78 is 10.6. The summed E-state index contributed by atoms with van der Waals surface area (Å²) in [6.45, 7) is 0. The van der Waals surface area contributed by atoms with Gasteiger partial charge in [-0.25, -0.2) is 9.99 Å². The van der Waals surface area contributed by atoms with Crippen LogP contribution in [0.25, 0.3) is 17.0 Å². The molecule has 1 aliphatic heterocycles. The van der Waals surface area contributed by atoms with Crippen LogP contribution >= 0.6 is 0 Å². The SMILES string of the molecule is COc1ccc(C=CC2=NN(c3ccc4ccccc4n3)C(c3ccc(OC)cc3)C2)cc1. The van der Waals surface area contributed by atoms with Gasteiger partial charge in [0.15, 0.2) is 0 Å². The summed E-state index contributed by atoms with van der Waals surface area (Å²) in [5.74, 6) is 2.52. The molecule has 0 spiro atoms. The predicted molar refractivity (Wildman–Crippen MR) is 134 cm³/mol. The molecule has 1 unspecified atom stereocenters. The van der Waals surface area contributed by atoms with E-state index in [2.05, 4.69) is 36.4 Å². The van der Waals surface area contributed by atoms with Crippen molar-refractivity contribution < 1.29 is 9.47 Å². The van der Waals surface area contributed by atoms with Crippen LogP contribution in [0.4, 0.5) is 5.82 Å². The van der Waals surface area contributed by atoms with Crippen molar-refractivity contribution in [2.45, 2.75) is 12.5 Å². The molecule has 0 saturated heterocycles. The van der Waals surface area contributed by atoms with E-state index in [0.717, 1.165) is 45.9 Å². The van der Waals surface area contributed by atoms with Crippen molar-refractivity contribution in [1.82, 2.24) is 4.98 Å². The van der Waals surface area contributed by atoms with Crippen LogP contribution in [0.3, 0.4) is 0 Å². The van der Waals surface area contributed by atoms with Crippen molar-refractivity contribution in [2.75, 3.05) is 19.2 Å². The van der Waals surface area contributed by atoms with Gasteiger partial charge in [0.05, 0.1) is 31.5 Å². The molecule has 5 heteroatoms. The lowest BCUT2D eigenvalue weighted by Gasteiger charge is -2.23. The molecule has 0 saturated carbocycles. The van der Waals surface area contributed by atoms with Gasteiger partial charge in [-0.15, -0.1) is 0 Å². The number of hydrazone groups is 1. The zero-order valence-corrected chi connectivity index (χ0v) is 18.7. The lowest BCUT2D eigenvalue weighted by molar-refractivity contribution is 0.414. The average Bonchev–Trinajstić information content (AvgIpc) is 3.32. The van der Waals surface area contributed by atoms with E-state index in [1.807, 2.05) is 65.7 Å². The minimum Gasteiger partial charge on any atom is -0.497 e. The number of hydrogen-bond donors (Lipinski definition) is 0. The molecule has 0 aliphatic carbocycles. The number of pyridine rings is 1. The summed E-state index contributed by atoms with van der Waals surface area (Å²) in [5.41, 5.74) is 4.23. The summed E-state index contributed by atoms with van der Waals surface area (Å²) >= 11 is 0. The third kappa shape index (κ3) is 4.44. The smallest absolute Gasteiger partial charge is 0.150 e. The van der Waals surface area contributed by atoms with Crippen LogP contribution in [-0.2, 0) is 0 Å². The van der Waals surface area contributed by atoms with Gasteiger partial charge in [-0.3, -0.25) is 0 Å². The Morgan fingerprint density at radius 2 is 1.48 bits per heavy atom. The zero-order valence-electron chi connectivity index (χ0n) is 18.7. The molecule has 5 nitrogen and oxygen atoms in total. The number of fused-ring (bicyclic) bond motifs is 1. The second kappa shape index (κ2) is 9.17. The zero-order chi connectivity index (χ0) is 22.6. The maximum absolute atomic E-state index is 5.34. The van der Waals surface area contributed by atoms with Gasteiger partial charge in [-0.2, -0.15) is 5.10 Å². The van der Waals surface area contributed by atoms with Crippen molar-refractivity contribution in [3.63, 3.8) is 0 Å². The lowest BCUT2D eigenvalue weighted by Crippen LogP contribution is -2.19. The second-order valence-corrected chi connectivity index (χ2v) is 7.90. The highest BCUT2D eigenvalue weighted by Crippen LogP contribution is 2.36. The van der Waals surface area contributed by atoms with E-state index in [1.165, 1.54) is 5.56 Å². The van der Waals surface area contributed by atoms with Crippen molar-refractivity contribution in [1.29, 1.82) is 0 Å². The van der Waals surface area contributed by atoms with E-state index in [-0.39, 0.29) is 6.04 Å². The Balaban J connectivity index is 1.48. The standard InChI is InChI=1S/C28H25N3O2/c1-32-24-14-8-20(9-15-24)7-13-23-19-27(22-10-16-25(33-2)17-11-22)31(30-23)28-18-12-21-5-3-4-6-26(21)29-28/h3-18,27H,19H2,1-2H3. The molecular weight excluding hydrogens is 410 g/mol. The fraction of sp³-hybridized carbons (Fsp3) is 0.143. The first-order valence-corrected chi connectivity index (χ1v) is 10.9. The van der Waals surface area contributed by atoms with E-state index in [1.54, 1.807) is 14.2 Å². The Labute approximate surface area is 193 Å². The molecule has 5 rings (SSSR count). The van der Waals surface area contributed by atoms with Gasteiger partial charge in [0.25, 0.3) is 0 Å². The van der Waals surface area contributed by atoms with E-state index in [0.29, 0.717) is 0 Å². The number of allylic oxidation sites excluding steroid dienone is 1. The highest BCUT2D eigenvalue weighted by Gasteiger charge is 2.29. The number of benzene rings is 3. The molecule has 0 amide bonds. The monoisotopic (exact) mass is 435 g/mol. The van der Waals surface area contributed by atoms with E-state index < -0.39 is 0 Å². The molecule has 4 aromatic rings. The number of hydrogen-bond acceptors (Lipinski definition) is 5. The average molecular weight is 436 g/mol. The van der Waals surface area contributed by atoms with Gasteiger partial charge >= 0.3 is 0 Å². The summed E-state index contributed by atoms with van der Waals surface area (Å²) in [5, 5.41) is 8.10. The van der Waals surface area contributed by atoms with Crippen LogP contribution < -0.4 is 14.5 Å². The third-order valence-electron chi connectivity index (χ3n) is 5.84. The van der Waals surface area contributed by atoms with Gasteiger partial charge in [0.1, 0.15) is 17.3 Å². The Hall–Kier alpha value is -4.12. The number of nitrogens with zero attached hydrogens (tertiary/aromatic N) is 3. The van der Waals surface area contributed by atoms with Crippen LogP contribution in [0.2, 0.25) is 0 Å². The quantitative estimate of drug-likeness (QED) is 0.358. The van der Waals surface area contributed by atoms with E-state index in [9.17, 15) is 0 Å². The number of para-hydroxylation sites is 1. The number of methoxy groups -OCH3 is 2. The first-order chi connectivity index (χ1) is 16.2. The molecule has 0 fully saturated rings. The van der Waals surface area contributed by atoms with Crippen molar-refractivity contribution in [3.8, 4) is 11.5 Å². The minimum absolute atomic E-state index is 0.0556. The normalized spacial score (nSPS) is 15.8. The Kier molecular flexibility index (Phi) is 5.77. The first kappa shape index (κ1) is 20.8. The molecular formula is C28H25N3O2. The Morgan fingerprint density at radius 3 is 2.21 bits per heavy atom. The third-order valence-corrected chi connectivity index (χ3v) is 5.84. The van der Waals surface area contributed by atoms with Gasteiger partial charge in [-0.05, 0) is 59.7 Å². The summed E-state index contributed by atoms with van der Waals surface area (Å²) in [6.07, 6.45) is 4.95. The first-order valence-electron chi connectivity index (χ1n) is 10.9. The lowest BCUT2D eigenvalue weighted by atomic mass is 10.0. The molecule has 0 radical (unpaired) electrons. The fourth-order valence-corrected chi connectivity index (χ4v) is 4.02. The van der Waals surface area contributed by atoms with E-state index in [4.69, 9.17) is 19.6 Å². The molecule has 33 heavy (non-hydrogen) atoms. The summed E-state index contributed by atoms with van der Waals surface area (Å²) in [4.78, 5) is 4.89. The van der Waals surface area contributed by atoms with Gasteiger partial charge in [0, 0.05) is 11.8 Å². The van der Waals surface area contributed by atoms with Crippen molar-refractivity contribution in [2.24, 2.45) is 5.10 Å². The van der Waals surface area contributed by atoms with Gasteiger partial charge < -0.3 is 9.47 Å². The highest BCUT2D eigenvalue weighted by molar-refractivity contribution is 6.01. The molecule has 1 aliphatic rings. The number of rotatable bonds is 6. The van der Waals surface area contributed by atoms with Crippen molar-refractivity contribution in [3.05, 3.63) is 102 Å². The Bertz CT molecular complexity index is 1310. The molecule has 3 aromatic carbocycles. The molecule has 1 atom stereocenters. The molecule has 164 valence electrons. The van der Waals surface area contributed by atoms with Crippen LogP contribution in [0.15, 0.2) is 96.1 Å². The maximum atomic E-state index is 5.34. The summed E-state index contributed by atoms with van der Waals surface area (Å²) in [6, 6.07) is 28.5. The Morgan fingerprint density at radius 1 is 0.788 bits per heavy atom. The topological polar surface area (TPSA) is 47.0 Å². The second-order valence-electron chi connectivity index (χ2n) is 7.90. The van der Waals surface area contributed by atoms with Crippen LogP contribution in [-0.4, -0.2) is 24.9 Å². The molecule has 2 heterocycles. The molecule has 1 aromatic heterocycles. The molecule has 0 bridgehead atoms. The van der Waals surface area contributed by atoms with E-state index >= 15 is 0 Å². The number of aromatic nitrogens is 1. The fourth-order valence-electron chi connectivity index (χ4n) is 4.02. The van der Waals surface area contributed by atoms with Crippen LogP contribution in [0.5, 0.6) is 11.5 Å². The van der Waals surface area contributed by atoms with Gasteiger partial charge in [0.2, 0.25) is 0 Å². The maximum Gasteiger partial charge on any atom is 0.150 e. The minimum atomic E-state index is 0.0556. The number of anilines is 1. The van der Waals surface area contributed by atoms with Gasteiger partial charge in [-0.1, -0.05) is 48.5 Å². The number of ether oxygens (including phenoxy) is 2.